The van der Waals surface area contributed by atoms with Gasteiger partial charge in [0.05, 0.1) is 6.10 Å². The normalized spacial score (nSPS) is 27.0. The minimum Gasteiger partial charge on any atom is -0.378 e. The number of ether oxygens (including phenoxy) is 1. The smallest absolute Gasteiger partial charge is 0.0576 e. The molecule has 2 N–H and O–H groups in total. The molecule has 2 heterocycles. The molecule has 0 aliphatic carbocycles. The second-order valence-corrected chi connectivity index (χ2v) is 6.32. The molecule has 2 fully saturated rings. The van der Waals surface area contributed by atoms with Gasteiger partial charge >= 0.3 is 0 Å². The van der Waals surface area contributed by atoms with Crippen molar-refractivity contribution < 1.29 is 4.74 Å². The first kappa shape index (κ1) is 15.3. The van der Waals surface area contributed by atoms with Crippen LogP contribution in [0, 0.1) is 0 Å². The number of nitrogens with two attached hydrogens (primary N) is 1. The van der Waals surface area contributed by atoms with E-state index in [0.29, 0.717) is 12.1 Å². The largest absolute Gasteiger partial charge is 0.378 e. The molecule has 2 aliphatic rings. The molecule has 19 heavy (non-hydrogen) atoms. The highest BCUT2D eigenvalue weighted by atomic mass is 16.5. The van der Waals surface area contributed by atoms with Crippen LogP contribution in [0.1, 0.15) is 65.2 Å². The summed E-state index contributed by atoms with van der Waals surface area (Å²) in [6, 6.07) is 0.296. The molecular weight excluding hydrogens is 236 g/mol. The zero-order chi connectivity index (χ0) is 13.7. The van der Waals surface area contributed by atoms with Crippen LogP contribution in [0.3, 0.4) is 0 Å². The fraction of sp³-hybridized carbons (Fsp3) is 1.00. The lowest BCUT2D eigenvalue weighted by Gasteiger charge is -2.45. The van der Waals surface area contributed by atoms with Crippen LogP contribution in [0.5, 0.6) is 0 Å². The predicted octanol–water partition coefficient (Wildman–Crippen LogP) is 2.93. The summed E-state index contributed by atoms with van der Waals surface area (Å²) in [5, 5.41) is 0. The molecule has 0 aromatic rings. The van der Waals surface area contributed by atoms with Gasteiger partial charge in [-0.2, -0.15) is 0 Å². The van der Waals surface area contributed by atoms with Gasteiger partial charge in [0.15, 0.2) is 0 Å². The molecule has 2 aliphatic heterocycles. The van der Waals surface area contributed by atoms with E-state index < -0.39 is 0 Å². The second kappa shape index (κ2) is 7.05. The zero-order valence-corrected chi connectivity index (χ0v) is 12.9. The third kappa shape index (κ3) is 3.32. The molecule has 3 heteroatoms. The van der Waals surface area contributed by atoms with Crippen molar-refractivity contribution in [3.05, 3.63) is 0 Å². The van der Waals surface area contributed by atoms with E-state index in [-0.39, 0.29) is 5.54 Å². The Bertz CT molecular complexity index is 253. The molecule has 2 saturated heterocycles. The summed E-state index contributed by atoms with van der Waals surface area (Å²) >= 11 is 0. The van der Waals surface area contributed by atoms with E-state index in [2.05, 4.69) is 18.7 Å². The van der Waals surface area contributed by atoms with Crippen molar-refractivity contribution in [2.24, 2.45) is 5.73 Å². The maximum atomic E-state index is 6.63. The van der Waals surface area contributed by atoms with Crippen molar-refractivity contribution in [2.75, 3.05) is 19.7 Å². The zero-order valence-electron chi connectivity index (χ0n) is 12.9. The van der Waals surface area contributed by atoms with Crippen molar-refractivity contribution in [1.29, 1.82) is 0 Å². The third-order valence-corrected chi connectivity index (χ3v) is 5.47. The first-order valence-corrected chi connectivity index (χ1v) is 8.35. The van der Waals surface area contributed by atoms with Crippen LogP contribution in [0.4, 0.5) is 0 Å². The molecule has 0 radical (unpaired) electrons. The maximum Gasteiger partial charge on any atom is 0.0576 e. The van der Waals surface area contributed by atoms with E-state index in [1.807, 2.05) is 0 Å². The van der Waals surface area contributed by atoms with Gasteiger partial charge in [-0.1, -0.05) is 13.8 Å². The molecule has 0 saturated carbocycles. The Hall–Kier alpha value is -0.120. The number of likely N-dealkylation sites (tertiary alicyclic amines) is 1. The first-order valence-electron chi connectivity index (χ1n) is 8.35. The van der Waals surface area contributed by atoms with E-state index in [0.717, 1.165) is 19.4 Å². The van der Waals surface area contributed by atoms with E-state index in [1.165, 1.54) is 51.6 Å². The van der Waals surface area contributed by atoms with Crippen LogP contribution in [0.2, 0.25) is 0 Å². The fourth-order valence-electron chi connectivity index (χ4n) is 4.12. The fourth-order valence-corrected chi connectivity index (χ4v) is 4.12. The van der Waals surface area contributed by atoms with Gasteiger partial charge in [-0.15, -0.1) is 0 Å². The predicted molar refractivity (Wildman–Crippen MR) is 80.3 cm³/mol. The van der Waals surface area contributed by atoms with E-state index in [9.17, 15) is 0 Å². The molecule has 0 aromatic heterocycles. The van der Waals surface area contributed by atoms with Gasteiger partial charge in [0.1, 0.15) is 0 Å². The number of hydrogen-bond acceptors (Lipinski definition) is 3. The highest BCUT2D eigenvalue weighted by Gasteiger charge is 2.40. The Kier molecular flexibility index (Phi) is 5.67. The summed E-state index contributed by atoms with van der Waals surface area (Å²) in [5.74, 6) is 0. The highest BCUT2D eigenvalue weighted by Crippen LogP contribution is 2.33. The molecule has 2 unspecified atom stereocenters. The van der Waals surface area contributed by atoms with Crippen molar-refractivity contribution >= 4 is 0 Å². The van der Waals surface area contributed by atoms with E-state index in [4.69, 9.17) is 10.5 Å². The van der Waals surface area contributed by atoms with Crippen LogP contribution in [-0.4, -0.2) is 42.3 Å². The van der Waals surface area contributed by atoms with Gasteiger partial charge in [-0.3, -0.25) is 4.90 Å². The molecule has 2 atom stereocenters. The van der Waals surface area contributed by atoms with Gasteiger partial charge in [-0.25, -0.2) is 0 Å². The standard InChI is InChI=1S/C16H32N2O/c1-3-16(4-2,18-11-5-6-12-18)15(17)10-9-14-8-7-13-19-14/h14-15H,3-13,17H2,1-2H3. The van der Waals surface area contributed by atoms with Gasteiger partial charge < -0.3 is 10.5 Å². The average Bonchev–Trinajstić information content (AvgIpc) is 3.12. The van der Waals surface area contributed by atoms with Crippen LogP contribution in [0.25, 0.3) is 0 Å². The summed E-state index contributed by atoms with van der Waals surface area (Å²) in [4.78, 5) is 2.67. The number of hydrogen-bond donors (Lipinski definition) is 1. The molecule has 0 amide bonds. The number of rotatable bonds is 7. The summed E-state index contributed by atoms with van der Waals surface area (Å²) in [7, 11) is 0. The maximum absolute atomic E-state index is 6.63. The minimum atomic E-state index is 0.231. The highest BCUT2D eigenvalue weighted by molar-refractivity contribution is 4.99. The summed E-state index contributed by atoms with van der Waals surface area (Å²) in [5.41, 5.74) is 6.87. The van der Waals surface area contributed by atoms with Gasteiger partial charge in [-0.05, 0) is 64.5 Å². The summed E-state index contributed by atoms with van der Waals surface area (Å²) < 4.78 is 5.74. The van der Waals surface area contributed by atoms with Crippen LogP contribution in [-0.2, 0) is 4.74 Å². The lowest BCUT2D eigenvalue weighted by Crippen LogP contribution is -2.58. The third-order valence-electron chi connectivity index (χ3n) is 5.47. The quantitative estimate of drug-likeness (QED) is 0.771. The van der Waals surface area contributed by atoms with E-state index >= 15 is 0 Å². The molecule has 0 aromatic carbocycles. The monoisotopic (exact) mass is 268 g/mol. The average molecular weight is 268 g/mol. The Morgan fingerprint density at radius 3 is 2.42 bits per heavy atom. The molecule has 0 spiro atoms. The summed E-state index contributed by atoms with van der Waals surface area (Å²) in [6.45, 7) is 8.07. The van der Waals surface area contributed by atoms with Crippen LogP contribution >= 0.6 is 0 Å². The lowest BCUT2D eigenvalue weighted by molar-refractivity contribution is 0.0580. The van der Waals surface area contributed by atoms with Crippen LogP contribution in [0.15, 0.2) is 0 Å². The Morgan fingerprint density at radius 2 is 1.89 bits per heavy atom. The van der Waals surface area contributed by atoms with Crippen molar-refractivity contribution in [3.8, 4) is 0 Å². The van der Waals surface area contributed by atoms with Crippen molar-refractivity contribution in [1.82, 2.24) is 4.90 Å². The van der Waals surface area contributed by atoms with Crippen molar-refractivity contribution in [2.45, 2.75) is 82.9 Å². The molecule has 3 nitrogen and oxygen atoms in total. The topological polar surface area (TPSA) is 38.5 Å². The van der Waals surface area contributed by atoms with Gasteiger partial charge in [0.25, 0.3) is 0 Å². The minimum absolute atomic E-state index is 0.231. The van der Waals surface area contributed by atoms with Crippen LogP contribution < -0.4 is 5.73 Å². The van der Waals surface area contributed by atoms with Gasteiger partial charge in [0, 0.05) is 18.2 Å². The Balaban J connectivity index is 1.92. The first-order chi connectivity index (χ1) is 9.23. The molecular formula is C16H32N2O. The lowest BCUT2D eigenvalue weighted by atomic mass is 9.80. The SMILES string of the molecule is CCC(CC)(C(N)CCC1CCCO1)N1CCCC1. The Labute approximate surface area is 118 Å². The molecule has 0 bridgehead atoms. The van der Waals surface area contributed by atoms with Crippen molar-refractivity contribution in [3.63, 3.8) is 0 Å². The number of nitrogens with zero attached hydrogens (tertiary/aromatic N) is 1. The summed E-state index contributed by atoms with van der Waals surface area (Å²) in [6.07, 6.45) is 10.3. The Morgan fingerprint density at radius 1 is 1.21 bits per heavy atom. The molecule has 112 valence electrons. The van der Waals surface area contributed by atoms with E-state index in [1.54, 1.807) is 0 Å². The molecule has 2 rings (SSSR count). The second-order valence-electron chi connectivity index (χ2n) is 6.32. The van der Waals surface area contributed by atoms with Gasteiger partial charge in [0.2, 0.25) is 0 Å².